The maximum atomic E-state index is 14.1. The largest absolute Gasteiger partial charge is 0.444 e. The molecule has 0 bridgehead atoms. The quantitative estimate of drug-likeness (QED) is 0.770. The van der Waals surface area contributed by atoms with Crippen LogP contribution in [0.5, 0.6) is 0 Å². The molecule has 100 valence electrons. The van der Waals surface area contributed by atoms with Crippen molar-refractivity contribution in [3.8, 4) is 0 Å². The van der Waals surface area contributed by atoms with Crippen LogP contribution in [-0.4, -0.2) is 41.4 Å². The fourth-order valence-electron chi connectivity index (χ4n) is 1.90. The van der Waals surface area contributed by atoms with E-state index in [9.17, 15) is 9.18 Å². The molecular formula is C12H23FN2O2. The number of nitrogens with two attached hydrogens (primary N) is 1. The molecule has 0 radical (unpaired) electrons. The van der Waals surface area contributed by atoms with E-state index < -0.39 is 17.4 Å². The first-order valence-corrected chi connectivity index (χ1v) is 6.05. The monoisotopic (exact) mass is 246 g/mol. The highest BCUT2D eigenvalue weighted by Gasteiger charge is 2.40. The molecule has 0 spiro atoms. The van der Waals surface area contributed by atoms with Crippen LogP contribution in [-0.2, 0) is 4.74 Å². The molecule has 1 aliphatic rings. The van der Waals surface area contributed by atoms with E-state index in [1.807, 2.05) is 6.92 Å². The summed E-state index contributed by atoms with van der Waals surface area (Å²) in [7, 11) is 0. The van der Waals surface area contributed by atoms with E-state index in [0.29, 0.717) is 12.8 Å². The van der Waals surface area contributed by atoms with Crippen molar-refractivity contribution in [2.75, 3.05) is 13.1 Å². The number of ether oxygens (including phenoxy) is 1. The van der Waals surface area contributed by atoms with Crippen LogP contribution in [0.2, 0.25) is 0 Å². The highest BCUT2D eigenvalue weighted by atomic mass is 19.1. The maximum absolute atomic E-state index is 14.1. The van der Waals surface area contributed by atoms with Crippen LogP contribution in [0.1, 0.15) is 40.5 Å². The van der Waals surface area contributed by atoms with E-state index in [1.165, 1.54) is 4.90 Å². The van der Waals surface area contributed by atoms with Gasteiger partial charge in [0.15, 0.2) is 0 Å². The number of rotatable bonds is 1. The molecule has 0 aliphatic carbocycles. The smallest absolute Gasteiger partial charge is 0.410 e. The Kier molecular flexibility index (Phi) is 4.02. The van der Waals surface area contributed by atoms with Gasteiger partial charge in [-0.15, -0.1) is 0 Å². The van der Waals surface area contributed by atoms with Crippen molar-refractivity contribution in [2.45, 2.75) is 57.8 Å². The van der Waals surface area contributed by atoms with Gasteiger partial charge in [-0.2, -0.15) is 0 Å². The van der Waals surface area contributed by atoms with Gasteiger partial charge in [0.2, 0.25) is 0 Å². The fourth-order valence-corrected chi connectivity index (χ4v) is 1.90. The number of carbonyl (C=O) groups excluding carboxylic acids is 1. The average molecular weight is 246 g/mol. The second-order valence-electron chi connectivity index (χ2n) is 5.85. The van der Waals surface area contributed by atoms with Gasteiger partial charge in [0.1, 0.15) is 11.3 Å². The Morgan fingerprint density at radius 2 is 2.18 bits per heavy atom. The molecule has 1 fully saturated rings. The minimum absolute atomic E-state index is 0.000255. The third-order valence-corrected chi connectivity index (χ3v) is 2.99. The topological polar surface area (TPSA) is 55.6 Å². The molecule has 1 saturated heterocycles. The highest BCUT2D eigenvalue weighted by Crippen LogP contribution is 2.29. The summed E-state index contributed by atoms with van der Waals surface area (Å²) in [6, 6.07) is 0.000255. The molecule has 1 rings (SSSR count). The summed E-state index contributed by atoms with van der Waals surface area (Å²) in [6.07, 6.45) is 0.567. The fraction of sp³-hybridized carbons (Fsp3) is 0.917. The summed E-state index contributed by atoms with van der Waals surface area (Å²) >= 11 is 0. The van der Waals surface area contributed by atoms with Crippen molar-refractivity contribution in [1.82, 2.24) is 4.90 Å². The Bertz CT molecular complexity index is 291. The van der Waals surface area contributed by atoms with Crippen LogP contribution < -0.4 is 5.73 Å². The molecule has 0 saturated carbocycles. The first-order chi connectivity index (χ1) is 7.67. The molecule has 0 aromatic rings. The predicted octanol–water partition coefficient (Wildman–Crippen LogP) is 2.07. The summed E-state index contributed by atoms with van der Waals surface area (Å²) in [4.78, 5) is 13.4. The van der Waals surface area contributed by atoms with Crippen LogP contribution in [0.25, 0.3) is 0 Å². The first-order valence-electron chi connectivity index (χ1n) is 6.05. The Morgan fingerprint density at radius 3 is 2.65 bits per heavy atom. The lowest BCUT2D eigenvalue weighted by Gasteiger charge is -2.41. The molecule has 2 unspecified atom stereocenters. The molecular weight excluding hydrogens is 223 g/mol. The number of halogens is 1. The number of amides is 1. The summed E-state index contributed by atoms with van der Waals surface area (Å²) in [5, 5.41) is 0. The molecule has 1 aliphatic heterocycles. The summed E-state index contributed by atoms with van der Waals surface area (Å²) in [6.45, 7) is 7.26. The molecule has 1 amide bonds. The second kappa shape index (κ2) is 4.80. The number of carbonyl (C=O) groups is 1. The summed E-state index contributed by atoms with van der Waals surface area (Å²) in [5.41, 5.74) is 3.39. The SMILES string of the molecule is CC1CCC(F)(CN)CN1C(=O)OC(C)(C)C. The van der Waals surface area contributed by atoms with E-state index >= 15 is 0 Å². The Labute approximate surface area is 102 Å². The summed E-state index contributed by atoms with van der Waals surface area (Å²) < 4.78 is 19.4. The van der Waals surface area contributed by atoms with Crippen LogP contribution in [0.3, 0.4) is 0 Å². The number of likely N-dealkylation sites (tertiary alicyclic amines) is 1. The Hall–Kier alpha value is -0.840. The molecule has 4 nitrogen and oxygen atoms in total. The lowest BCUT2D eigenvalue weighted by atomic mass is 9.91. The summed E-state index contributed by atoms with van der Waals surface area (Å²) in [5.74, 6) is 0. The number of hydrogen-bond acceptors (Lipinski definition) is 3. The van der Waals surface area contributed by atoms with Crippen molar-refractivity contribution in [3.63, 3.8) is 0 Å². The van der Waals surface area contributed by atoms with Crippen LogP contribution in [0, 0.1) is 0 Å². The van der Waals surface area contributed by atoms with E-state index in [1.54, 1.807) is 20.8 Å². The van der Waals surface area contributed by atoms with Crippen LogP contribution >= 0.6 is 0 Å². The lowest BCUT2D eigenvalue weighted by Crippen LogP contribution is -2.55. The van der Waals surface area contributed by atoms with E-state index in [2.05, 4.69) is 0 Å². The molecule has 0 aromatic heterocycles. The second-order valence-corrected chi connectivity index (χ2v) is 5.85. The number of piperidine rings is 1. The molecule has 2 atom stereocenters. The van der Waals surface area contributed by atoms with Gasteiger partial charge < -0.3 is 15.4 Å². The van der Waals surface area contributed by atoms with Crippen molar-refractivity contribution >= 4 is 6.09 Å². The normalized spacial score (nSPS) is 30.2. The molecule has 2 N–H and O–H groups in total. The van der Waals surface area contributed by atoms with Crippen LogP contribution in [0.4, 0.5) is 9.18 Å². The number of alkyl halides is 1. The number of nitrogens with zero attached hydrogens (tertiary/aromatic N) is 1. The third-order valence-electron chi connectivity index (χ3n) is 2.99. The standard InChI is InChI=1S/C12H23FN2O2/c1-9-5-6-12(13,7-14)8-15(9)10(16)17-11(2,3)4/h9H,5-8,14H2,1-4H3. The van der Waals surface area contributed by atoms with Gasteiger partial charge in [0.05, 0.1) is 6.54 Å². The van der Waals surface area contributed by atoms with Gasteiger partial charge >= 0.3 is 6.09 Å². The van der Waals surface area contributed by atoms with E-state index in [0.717, 1.165) is 0 Å². The van der Waals surface area contributed by atoms with Gasteiger partial charge in [-0.25, -0.2) is 9.18 Å². The van der Waals surface area contributed by atoms with Gasteiger partial charge in [-0.3, -0.25) is 0 Å². The van der Waals surface area contributed by atoms with Gasteiger partial charge in [-0.1, -0.05) is 0 Å². The highest BCUT2D eigenvalue weighted by molar-refractivity contribution is 5.68. The predicted molar refractivity (Wildman–Crippen MR) is 64.5 cm³/mol. The lowest BCUT2D eigenvalue weighted by molar-refractivity contribution is -0.0183. The van der Waals surface area contributed by atoms with Gasteiger partial charge in [0, 0.05) is 12.6 Å². The third kappa shape index (κ3) is 3.84. The van der Waals surface area contributed by atoms with Crippen molar-refractivity contribution in [3.05, 3.63) is 0 Å². The van der Waals surface area contributed by atoms with Crippen molar-refractivity contribution in [2.24, 2.45) is 5.73 Å². The minimum Gasteiger partial charge on any atom is -0.444 e. The average Bonchev–Trinajstić information content (AvgIpc) is 2.19. The Morgan fingerprint density at radius 1 is 1.59 bits per heavy atom. The zero-order valence-corrected chi connectivity index (χ0v) is 11.1. The molecule has 0 aromatic carbocycles. The Balaban J connectivity index is 2.70. The zero-order valence-electron chi connectivity index (χ0n) is 11.1. The van der Waals surface area contributed by atoms with E-state index in [4.69, 9.17) is 10.5 Å². The van der Waals surface area contributed by atoms with Gasteiger partial charge in [0.25, 0.3) is 0 Å². The molecule has 17 heavy (non-hydrogen) atoms. The maximum Gasteiger partial charge on any atom is 0.410 e. The molecule has 1 heterocycles. The zero-order chi connectivity index (χ0) is 13.3. The van der Waals surface area contributed by atoms with Crippen molar-refractivity contribution in [1.29, 1.82) is 0 Å². The van der Waals surface area contributed by atoms with E-state index in [-0.39, 0.29) is 19.1 Å². The first kappa shape index (κ1) is 14.2. The number of hydrogen-bond donors (Lipinski definition) is 1. The minimum atomic E-state index is -1.47. The van der Waals surface area contributed by atoms with Gasteiger partial charge in [-0.05, 0) is 40.5 Å². The van der Waals surface area contributed by atoms with Crippen LogP contribution in [0.15, 0.2) is 0 Å². The molecule has 5 heteroatoms. The van der Waals surface area contributed by atoms with Crippen molar-refractivity contribution < 1.29 is 13.9 Å².